The Kier molecular flexibility index (Phi) is 7.22. The molecular formula is C28H28F3N5O5. The molecule has 4 atom stereocenters. The first-order valence-corrected chi connectivity index (χ1v) is 13.2. The third-order valence-electron chi connectivity index (χ3n) is 7.58. The Morgan fingerprint density at radius 2 is 1.78 bits per heavy atom. The van der Waals surface area contributed by atoms with Gasteiger partial charge in [-0.2, -0.15) is 0 Å². The number of benzene rings is 1. The quantitative estimate of drug-likeness (QED) is 0.397. The Bertz CT molecular complexity index is 1640. The van der Waals surface area contributed by atoms with Crippen LogP contribution in [0.25, 0.3) is 16.7 Å². The number of carboxylic acids is 1. The second kappa shape index (κ2) is 10.5. The number of nitrogens with one attached hydrogen (secondary N) is 2. The summed E-state index contributed by atoms with van der Waals surface area (Å²) in [4.78, 5) is 55.4. The highest BCUT2D eigenvalue weighted by Crippen LogP contribution is 2.46. The van der Waals surface area contributed by atoms with Gasteiger partial charge in [0.05, 0.1) is 11.1 Å². The number of carbonyl (C=O) groups excluding carboxylic acids is 2. The first-order valence-electron chi connectivity index (χ1n) is 13.2. The van der Waals surface area contributed by atoms with Crippen LogP contribution in [0, 0.1) is 35.2 Å². The Morgan fingerprint density at radius 3 is 2.44 bits per heavy atom. The van der Waals surface area contributed by atoms with Crippen LogP contribution in [0.5, 0.6) is 0 Å². The first kappa shape index (κ1) is 28.1. The predicted octanol–water partition coefficient (Wildman–Crippen LogP) is 2.60. The summed E-state index contributed by atoms with van der Waals surface area (Å²) in [6.07, 6.45) is 1.66. The molecule has 2 fully saturated rings. The van der Waals surface area contributed by atoms with Crippen molar-refractivity contribution < 1.29 is 32.7 Å². The average Bonchev–Trinajstić information content (AvgIpc) is 3.69. The average molecular weight is 572 g/mol. The first-order chi connectivity index (χ1) is 19.3. The number of carboxylic acid groups (broad SMARTS) is 1. The zero-order valence-electron chi connectivity index (χ0n) is 22.5. The van der Waals surface area contributed by atoms with E-state index in [1.807, 2.05) is 0 Å². The van der Waals surface area contributed by atoms with Crippen LogP contribution in [0.3, 0.4) is 0 Å². The molecule has 2 amide bonds. The van der Waals surface area contributed by atoms with E-state index in [0.29, 0.717) is 12.6 Å². The van der Waals surface area contributed by atoms with Crippen LogP contribution < -0.4 is 21.0 Å². The summed E-state index contributed by atoms with van der Waals surface area (Å²) in [5.41, 5.74) is -2.25. The largest absolute Gasteiger partial charge is 0.477 e. The number of anilines is 1. The van der Waals surface area contributed by atoms with E-state index in [2.05, 4.69) is 15.6 Å². The Hall–Kier alpha value is -4.42. The van der Waals surface area contributed by atoms with Crippen LogP contribution in [0.2, 0.25) is 0 Å². The van der Waals surface area contributed by atoms with Gasteiger partial charge in [-0.1, -0.05) is 13.8 Å². The summed E-state index contributed by atoms with van der Waals surface area (Å²) >= 11 is 0. The topological polar surface area (TPSA) is 134 Å². The fraction of sp³-hybridized carbons (Fsp3) is 0.393. The molecule has 1 aromatic carbocycles. The highest BCUT2D eigenvalue weighted by Gasteiger charge is 2.49. The molecule has 41 heavy (non-hydrogen) atoms. The molecule has 1 saturated heterocycles. The van der Waals surface area contributed by atoms with Crippen molar-refractivity contribution in [3.63, 3.8) is 0 Å². The third kappa shape index (κ3) is 5.35. The Labute approximate surface area is 232 Å². The lowest BCUT2D eigenvalue weighted by atomic mass is 10.0. The van der Waals surface area contributed by atoms with E-state index in [-0.39, 0.29) is 59.3 Å². The second-order valence-corrected chi connectivity index (χ2v) is 10.9. The maximum atomic E-state index is 15.5. The SMILES string of the molecule is CC(C)C(=O)N[C@@H](C)C(=O)NC1CN(c2nc3c(cc2F)c(=O)c(C(=O)O)cn3-c2ccc(F)cc2F)C[C@@H]2C[C@H]12. The number of fused-ring (bicyclic) bond motifs is 2. The van der Waals surface area contributed by atoms with Gasteiger partial charge in [-0.3, -0.25) is 19.0 Å². The number of aromatic carboxylic acids is 1. The molecule has 3 heterocycles. The Balaban J connectivity index is 1.51. The van der Waals surface area contributed by atoms with Gasteiger partial charge in [0, 0.05) is 37.3 Å². The summed E-state index contributed by atoms with van der Waals surface area (Å²) in [6, 6.07) is 2.33. The fourth-order valence-corrected chi connectivity index (χ4v) is 5.23. The molecule has 3 aromatic rings. The van der Waals surface area contributed by atoms with Crippen LogP contribution in [-0.2, 0) is 9.59 Å². The van der Waals surface area contributed by atoms with Crippen molar-refractivity contribution in [2.75, 3.05) is 18.0 Å². The number of rotatable bonds is 7. The molecule has 5 rings (SSSR count). The summed E-state index contributed by atoms with van der Waals surface area (Å²) in [6.45, 7) is 5.59. The molecule has 216 valence electrons. The highest BCUT2D eigenvalue weighted by atomic mass is 19.1. The number of pyridine rings is 2. The Morgan fingerprint density at radius 1 is 1.05 bits per heavy atom. The number of carbonyl (C=O) groups is 3. The van der Waals surface area contributed by atoms with Gasteiger partial charge >= 0.3 is 5.97 Å². The van der Waals surface area contributed by atoms with Crippen LogP contribution in [0.15, 0.2) is 35.3 Å². The number of amides is 2. The molecule has 13 heteroatoms. The molecule has 0 bridgehead atoms. The molecule has 1 unspecified atom stereocenters. The van der Waals surface area contributed by atoms with E-state index in [1.54, 1.807) is 25.7 Å². The minimum absolute atomic E-state index is 0.137. The van der Waals surface area contributed by atoms with Crippen LogP contribution >= 0.6 is 0 Å². The lowest BCUT2D eigenvalue weighted by Gasteiger charge is -2.34. The van der Waals surface area contributed by atoms with Gasteiger partial charge in [0.2, 0.25) is 17.2 Å². The van der Waals surface area contributed by atoms with Gasteiger partial charge in [-0.25, -0.2) is 22.9 Å². The van der Waals surface area contributed by atoms with E-state index >= 15 is 4.39 Å². The molecule has 2 aliphatic rings. The van der Waals surface area contributed by atoms with E-state index in [9.17, 15) is 33.1 Å². The summed E-state index contributed by atoms with van der Waals surface area (Å²) in [7, 11) is 0. The van der Waals surface area contributed by atoms with E-state index in [4.69, 9.17) is 0 Å². The summed E-state index contributed by atoms with van der Waals surface area (Å²) in [5.74, 6) is -5.22. The fourth-order valence-electron chi connectivity index (χ4n) is 5.23. The normalized spacial score (nSPS) is 20.5. The molecular weight excluding hydrogens is 543 g/mol. The van der Waals surface area contributed by atoms with Gasteiger partial charge in [0.25, 0.3) is 0 Å². The number of nitrogens with zero attached hydrogens (tertiary/aromatic N) is 3. The van der Waals surface area contributed by atoms with Crippen LogP contribution in [-0.4, -0.2) is 57.6 Å². The van der Waals surface area contributed by atoms with E-state index in [1.165, 1.54) is 0 Å². The van der Waals surface area contributed by atoms with Crippen molar-refractivity contribution in [2.24, 2.45) is 17.8 Å². The molecule has 1 aliphatic heterocycles. The third-order valence-corrected chi connectivity index (χ3v) is 7.58. The molecule has 0 radical (unpaired) electrons. The van der Waals surface area contributed by atoms with Crippen molar-refractivity contribution >= 4 is 34.6 Å². The van der Waals surface area contributed by atoms with Crippen molar-refractivity contribution in [2.45, 2.75) is 39.3 Å². The maximum Gasteiger partial charge on any atom is 0.341 e. The molecule has 1 aliphatic carbocycles. The van der Waals surface area contributed by atoms with Gasteiger partial charge < -0.3 is 20.6 Å². The van der Waals surface area contributed by atoms with Crippen molar-refractivity contribution in [1.82, 2.24) is 20.2 Å². The van der Waals surface area contributed by atoms with Crippen molar-refractivity contribution in [1.29, 1.82) is 0 Å². The smallest absolute Gasteiger partial charge is 0.341 e. The molecule has 3 N–H and O–H groups in total. The van der Waals surface area contributed by atoms with Gasteiger partial charge in [0.15, 0.2) is 17.3 Å². The molecule has 10 nitrogen and oxygen atoms in total. The predicted molar refractivity (Wildman–Crippen MR) is 142 cm³/mol. The standard InChI is InChI=1S/C28H28F3N5O5/c1-12(2)26(38)32-13(3)27(39)33-21-11-35(9-14-6-16(14)21)25-20(31)8-17-23(37)18(28(40)41)10-36(24(17)34-25)22-5-4-15(29)7-19(22)30/h4-5,7-8,10,12-14,16,21H,6,9,11H2,1-3H3,(H,32,38)(H,33,39)(H,40,41)/t13-,14-,16-,21?/m0/s1. The van der Waals surface area contributed by atoms with Crippen molar-refractivity contribution in [3.05, 3.63) is 63.7 Å². The van der Waals surface area contributed by atoms with Gasteiger partial charge in [-0.05, 0) is 43.4 Å². The lowest BCUT2D eigenvalue weighted by Crippen LogP contribution is -2.54. The van der Waals surface area contributed by atoms with E-state index < -0.39 is 45.8 Å². The second-order valence-electron chi connectivity index (χ2n) is 10.9. The van der Waals surface area contributed by atoms with Gasteiger partial charge in [0.1, 0.15) is 23.2 Å². The number of aromatic nitrogens is 2. The monoisotopic (exact) mass is 571 g/mol. The van der Waals surface area contributed by atoms with E-state index in [0.717, 1.165) is 35.4 Å². The van der Waals surface area contributed by atoms with Crippen molar-refractivity contribution in [3.8, 4) is 5.69 Å². The minimum Gasteiger partial charge on any atom is -0.477 e. The summed E-state index contributed by atoms with van der Waals surface area (Å²) < 4.78 is 44.9. The lowest BCUT2D eigenvalue weighted by molar-refractivity contribution is -0.130. The minimum atomic E-state index is -1.61. The molecule has 2 aromatic heterocycles. The number of halogens is 3. The maximum absolute atomic E-state index is 15.5. The molecule has 0 spiro atoms. The highest BCUT2D eigenvalue weighted by molar-refractivity contribution is 5.92. The number of piperidine rings is 1. The zero-order chi connectivity index (χ0) is 29.7. The zero-order valence-corrected chi connectivity index (χ0v) is 22.5. The summed E-state index contributed by atoms with van der Waals surface area (Å²) in [5, 5.41) is 14.7. The van der Waals surface area contributed by atoms with Crippen LogP contribution in [0.1, 0.15) is 37.6 Å². The van der Waals surface area contributed by atoms with Crippen LogP contribution in [0.4, 0.5) is 19.0 Å². The number of hydrogen-bond acceptors (Lipinski definition) is 6. The molecule has 1 saturated carbocycles. The number of hydrogen-bond donors (Lipinski definition) is 3. The van der Waals surface area contributed by atoms with Gasteiger partial charge in [-0.15, -0.1) is 0 Å².